The Bertz CT molecular complexity index is 69.6. The van der Waals surface area contributed by atoms with Crippen molar-refractivity contribution in [1.29, 1.82) is 0 Å². The summed E-state index contributed by atoms with van der Waals surface area (Å²) in [6.45, 7) is 7.12. The first-order valence-corrected chi connectivity index (χ1v) is 4.22. The Kier molecular flexibility index (Phi) is 8.81. The van der Waals surface area contributed by atoms with Gasteiger partial charge < -0.3 is 19.3 Å². The molecule has 1 unspecified atom stereocenters. The molecular formula is C8H18O4. The summed E-state index contributed by atoms with van der Waals surface area (Å²) in [7, 11) is 0. The lowest BCUT2D eigenvalue weighted by atomic mass is 10.6. The van der Waals surface area contributed by atoms with Crippen molar-refractivity contribution in [3.8, 4) is 0 Å². The fourth-order valence-electron chi connectivity index (χ4n) is 0.681. The maximum absolute atomic E-state index is 8.33. The van der Waals surface area contributed by atoms with Crippen LogP contribution in [0.15, 0.2) is 0 Å². The molecule has 0 aromatic heterocycles. The van der Waals surface area contributed by atoms with Crippen LogP contribution in [0, 0.1) is 0 Å². The van der Waals surface area contributed by atoms with E-state index in [0.29, 0.717) is 6.61 Å². The first-order valence-electron chi connectivity index (χ1n) is 4.22. The lowest BCUT2D eigenvalue weighted by Gasteiger charge is -2.09. The smallest absolute Gasteiger partial charge is 0.151 e. The third-order valence-corrected chi connectivity index (χ3v) is 1.15. The Morgan fingerprint density at radius 3 is 1.75 bits per heavy atom. The van der Waals surface area contributed by atoms with Crippen molar-refractivity contribution < 1.29 is 19.3 Å². The van der Waals surface area contributed by atoms with E-state index < -0.39 is 6.29 Å². The number of hydrogen-bond donors (Lipinski definition) is 1. The Balaban J connectivity index is 0.000000202. The number of ether oxygens (including phenoxy) is 3. The molecule has 1 rings (SSSR count). The molecule has 1 saturated heterocycles. The van der Waals surface area contributed by atoms with Gasteiger partial charge in [-0.25, -0.2) is 0 Å². The minimum Gasteiger partial charge on any atom is -0.377 e. The Morgan fingerprint density at radius 2 is 1.67 bits per heavy atom. The molecule has 0 aliphatic carbocycles. The van der Waals surface area contributed by atoms with Gasteiger partial charge in [-0.1, -0.05) is 0 Å². The van der Waals surface area contributed by atoms with Crippen LogP contribution in [0.4, 0.5) is 0 Å². The molecular weight excluding hydrogens is 160 g/mol. The third-order valence-electron chi connectivity index (χ3n) is 1.15. The summed E-state index contributed by atoms with van der Waals surface area (Å²) in [6, 6.07) is 0. The van der Waals surface area contributed by atoms with Crippen LogP contribution < -0.4 is 0 Å². The third kappa shape index (κ3) is 9.84. The lowest BCUT2D eigenvalue weighted by molar-refractivity contribution is -0.0800. The van der Waals surface area contributed by atoms with Crippen molar-refractivity contribution in [2.75, 3.05) is 33.0 Å². The summed E-state index contributed by atoms with van der Waals surface area (Å²) in [5.41, 5.74) is 0. The van der Waals surface area contributed by atoms with Gasteiger partial charge >= 0.3 is 0 Å². The maximum atomic E-state index is 8.33. The largest absolute Gasteiger partial charge is 0.377 e. The molecule has 1 aliphatic rings. The van der Waals surface area contributed by atoms with Crippen molar-refractivity contribution in [2.45, 2.75) is 20.1 Å². The molecule has 74 valence electrons. The molecule has 0 amide bonds. The van der Waals surface area contributed by atoms with E-state index >= 15 is 0 Å². The maximum Gasteiger partial charge on any atom is 0.151 e. The zero-order valence-corrected chi connectivity index (χ0v) is 7.78. The highest BCUT2D eigenvalue weighted by Gasteiger charge is 1.94. The summed E-state index contributed by atoms with van der Waals surface area (Å²) in [5, 5.41) is 8.33. The van der Waals surface area contributed by atoms with Gasteiger partial charge in [-0.3, -0.25) is 0 Å². The average molecular weight is 178 g/mol. The first-order chi connectivity index (χ1) is 5.77. The lowest BCUT2D eigenvalue weighted by Crippen LogP contribution is -2.16. The minimum absolute atomic E-state index is 0.581. The summed E-state index contributed by atoms with van der Waals surface area (Å²) in [4.78, 5) is 0. The molecule has 4 nitrogen and oxygen atoms in total. The van der Waals surface area contributed by atoms with Crippen LogP contribution in [-0.4, -0.2) is 44.4 Å². The van der Waals surface area contributed by atoms with Crippen LogP contribution in [-0.2, 0) is 14.2 Å². The van der Waals surface area contributed by atoms with E-state index in [0.717, 1.165) is 26.4 Å². The molecule has 0 radical (unpaired) electrons. The highest BCUT2D eigenvalue weighted by Crippen LogP contribution is 1.85. The van der Waals surface area contributed by atoms with Gasteiger partial charge in [0.1, 0.15) is 0 Å². The van der Waals surface area contributed by atoms with Crippen molar-refractivity contribution in [2.24, 2.45) is 0 Å². The number of aliphatic hydroxyl groups excluding tert-OH is 1. The van der Waals surface area contributed by atoms with Crippen LogP contribution in [0.5, 0.6) is 0 Å². The van der Waals surface area contributed by atoms with E-state index in [4.69, 9.17) is 14.6 Å². The van der Waals surface area contributed by atoms with E-state index in [2.05, 4.69) is 4.74 Å². The van der Waals surface area contributed by atoms with Crippen LogP contribution in [0.25, 0.3) is 0 Å². The Morgan fingerprint density at radius 1 is 1.25 bits per heavy atom. The molecule has 1 N–H and O–H groups in total. The summed E-state index contributed by atoms with van der Waals surface area (Å²) >= 11 is 0. The SMILES string of the molecule is C1COCCO1.CCOC(C)O. The van der Waals surface area contributed by atoms with Crippen LogP contribution in [0.3, 0.4) is 0 Å². The normalized spacial score (nSPS) is 19.2. The molecule has 0 aromatic carbocycles. The van der Waals surface area contributed by atoms with E-state index in [-0.39, 0.29) is 0 Å². The predicted octanol–water partition coefficient (Wildman–Crippen LogP) is 0.394. The van der Waals surface area contributed by atoms with Crippen molar-refractivity contribution >= 4 is 0 Å². The average Bonchev–Trinajstić information content (AvgIpc) is 2.08. The van der Waals surface area contributed by atoms with E-state index in [1.54, 1.807) is 6.92 Å². The number of rotatable bonds is 2. The zero-order valence-electron chi connectivity index (χ0n) is 7.78. The van der Waals surface area contributed by atoms with Gasteiger partial charge in [-0.2, -0.15) is 0 Å². The molecule has 1 fully saturated rings. The summed E-state index contributed by atoms with van der Waals surface area (Å²) in [5.74, 6) is 0. The fraction of sp³-hybridized carbons (Fsp3) is 1.00. The van der Waals surface area contributed by atoms with E-state index in [9.17, 15) is 0 Å². The molecule has 0 spiro atoms. The standard InChI is InChI=1S/C4H8O2.C4H10O2/c1-2-6-4-3-5-1;1-3-6-4(2)5/h1-4H2;4-5H,3H2,1-2H3. The first kappa shape index (κ1) is 11.8. The summed E-state index contributed by atoms with van der Waals surface area (Å²) < 4.78 is 14.5. The number of hydrogen-bond acceptors (Lipinski definition) is 4. The van der Waals surface area contributed by atoms with E-state index in [1.165, 1.54) is 0 Å². The van der Waals surface area contributed by atoms with Crippen molar-refractivity contribution in [1.82, 2.24) is 0 Å². The van der Waals surface area contributed by atoms with Gasteiger partial charge in [0.25, 0.3) is 0 Å². The van der Waals surface area contributed by atoms with Crippen LogP contribution in [0.2, 0.25) is 0 Å². The van der Waals surface area contributed by atoms with Gasteiger partial charge in [0.05, 0.1) is 26.4 Å². The monoisotopic (exact) mass is 178 g/mol. The second-order valence-corrected chi connectivity index (χ2v) is 2.28. The minimum atomic E-state index is -0.602. The second kappa shape index (κ2) is 8.93. The van der Waals surface area contributed by atoms with Gasteiger partial charge in [-0.05, 0) is 13.8 Å². The second-order valence-electron chi connectivity index (χ2n) is 2.28. The Labute approximate surface area is 73.4 Å². The number of aliphatic hydroxyl groups is 1. The quantitative estimate of drug-likeness (QED) is 0.621. The molecule has 1 heterocycles. The molecule has 1 aliphatic heterocycles. The highest BCUT2D eigenvalue weighted by molar-refractivity contribution is 4.37. The van der Waals surface area contributed by atoms with Crippen molar-refractivity contribution in [3.05, 3.63) is 0 Å². The molecule has 0 aromatic rings. The van der Waals surface area contributed by atoms with Crippen LogP contribution >= 0.6 is 0 Å². The highest BCUT2D eigenvalue weighted by atomic mass is 16.6. The molecule has 0 saturated carbocycles. The van der Waals surface area contributed by atoms with Crippen molar-refractivity contribution in [3.63, 3.8) is 0 Å². The molecule has 0 bridgehead atoms. The zero-order chi connectivity index (χ0) is 9.23. The van der Waals surface area contributed by atoms with Crippen LogP contribution in [0.1, 0.15) is 13.8 Å². The molecule has 1 atom stereocenters. The fourth-order valence-corrected chi connectivity index (χ4v) is 0.681. The predicted molar refractivity (Wildman–Crippen MR) is 44.9 cm³/mol. The topological polar surface area (TPSA) is 47.9 Å². The van der Waals surface area contributed by atoms with Gasteiger partial charge in [0, 0.05) is 6.61 Å². The molecule has 12 heavy (non-hydrogen) atoms. The van der Waals surface area contributed by atoms with E-state index in [1.807, 2.05) is 6.92 Å². The Hall–Kier alpha value is -0.160. The van der Waals surface area contributed by atoms with Gasteiger partial charge in [0.2, 0.25) is 0 Å². The molecule has 4 heteroatoms. The van der Waals surface area contributed by atoms with Gasteiger partial charge in [0.15, 0.2) is 6.29 Å². The summed E-state index contributed by atoms with van der Waals surface area (Å²) in [6.07, 6.45) is -0.602. The van der Waals surface area contributed by atoms with Gasteiger partial charge in [-0.15, -0.1) is 0 Å².